The van der Waals surface area contributed by atoms with Crippen molar-refractivity contribution in [2.24, 2.45) is 5.73 Å². The third kappa shape index (κ3) is 3.53. The lowest BCUT2D eigenvalue weighted by atomic mass is 10.1. The van der Waals surface area contributed by atoms with Gasteiger partial charge in [-0.05, 0) is 30.2 Å². The lowest BCUT2D eigenvalue weighted by molar-refractivity contribution is 0.183. The van der Waals surface area contributed by atoms with Crippen molar-refractivity contribution in [1.82, 2.24) is 0 Å². The van der Waals surface area contributed by atoms with Gasteiger partial charge in [-0.15, -0.1) is 0 Å². The maximum atomic E-state index is 9.28. The molecule has 0 aliphatic rings. The predicted octanol–water partition coefficient (Wildman–Crippen LogP) is 1.86. The molecule has 0 aliphatic heterocycles. The van der Waals surface area contributed by atoms with Gasteiger partial charge < -0.3 is 10.8 Å². The summed E-state index contributed by atoms with van der Waals surface area (Å²) in [4.78, 5) is 0. The predicted molar refractivity (Wildman–Crippen MR) is 55.2 cm³/mol. The van der Waals surface area contributed by atoms with Crippen LogP contribution in [0.1, 0.15) is 5.56 Å². The van der Waals surface area contributed by atoms with Gasteiger partial charge in [-0.1, -0.05) is 23.2 Å². The molecule has 0 amide bonds. The summed E-state index contributed by atoms with van der Waals surface area (Å²) in [6.07, 6.45) is -0.0499. The molecule has 0 saturated heterocycles. The van der Waals surface area contributed by atoms with Crippen LogP contribution < -0.4 is 5.73 Å². The average Bonchev–Trinajstić information content (AvgIpc) is 2.02. The van der Waals surface area contributed by atoms with Gasteiger partial charge in [0.15, 0.2) is 0 Å². The third-order valence-corrected chi connectivity index (χ3v) is 2.10. The van der Waals surface area contributed by atoms with Crippen LogP contribution in [-0.4, -0.2) is 17.8 Å². The van der Waals surface area contributed by atoms with Crippen molar-refractivity contribution in [3.8, 4) is 0 Å². The summed E-state index contributed by atoms with van der Waals surface area (Å²) in [7, 11) is 0. The van der Waals surface area contributed by atoms with E-state index < -0.39 is 6.10 Å². The molecule has 0 aliphatic carbocycles. The standard InChI is InChI=1S/C9H11Cl2NO/c10-7-1-6(2-8(11)4-7)3-9(13)5-12/h1-2,4,9,13H,3,5,12H2/t9-/m1/s1. The number of rotatable bonds is 3. The molecule has 1 aromatic carbocycles. The van der Waals surface area contributed by atoms with Gasteiger partial charge in [0.1, 0.15) is 0 Å². The van der Waals surface area contributed by atoms with Gasteiger partial charge in [-0.25, -0.2) is 0 Å². The van der Waals surface area contributed by atoms with Crippen LogP contribution in [0.3, 0.4) is 0 Å². The summed E-state index contributed by atoms with van der Waals surface area (Å²) >= 11 is 11.6. The Morgan fingerprint density at radius 1 is 1.23 bits per heavy atom. The van der Waals surface area contributed by atoms with Crippen LogP contribution in [0.15, 0.2) is 18.2 Å². The molecule has 0 spiro atoms. The molecule has 4 heteroatoms. The lowest BCUT2D eigenvalue weighted by Crippen LogP contribution is -2.21. The average molecular weight is 220 g/mol. The van der Waals surface area contributed by atoms with Gasteiger partial charge in [0.25, 0.3) is 0 Å². The number of nitrogens with two attached hydrogens (primary N) is 1. The van der Waals surface area contributed by atoms with Crippen molar-refractivity contribution in [1.29, 1.82) is 0 Å². The topological polar surface area (TPSA) is 46.2 Å². The summed E-state index contributed by atoms with van der Waals surface area (Å²) in [5.41, 5.74) is 6.18. The Morgan fingerprint density at radius 3 is 2.23 bits per heavy atom. The zero-order valence-corrected chi connectivity index (χ0v) is 8.52. The van der Waals surface area contributed by atoms with Crippen LogP contribution >= 0.6 is 23.2 Å². The summed E-state index contributed by atoms with van der Waals surface area (Å²) in [5.74, 6) is 0. The maximum absolute atomic E-state index is 9.28. The van der Waals surface area contributed by atoms with E-state index in [4.69, 9.17) is 28.9 Å². The van der Waals surface area contributed by atoms with Gasteiger partial charge in [0.05, 0.1) is 6.10 Å². The largest absolute Gasteiger partial charge is 0.391 e. The van der Waals surface area contributed by atoms with Gasteiger partial charge >= 0.3 is 0 Å². The molecule has 72 valence electrons. The molecule has 0 radical (unpaired) electrons. The highest BCUT2D eigenvalue weighted by Crippen LogP contribution is 2.19. The number of aliphatic hydroxyl groups is 1. The molecular formula is C9H11Cl2NO. The van der Waals surface area contributed by atoms with E-state index in [0.717, 1.165) is 5.56 Å². The molecule has 1 atom stereocenters. The van der Waals surface area contributed by atoms with E-state index in [1.807, 2.05) is 0 Å². The Bertz CT molecular complexity index is 271. The van der Waals surface area contributed by atoms with Crippen LogP contribution in [0.5, 0.6) is 0 Å². The summed E-state index contributed by atoms with van der Waals surface area (Å²) in [6, 6.07) is 5.19. The highest BCUT2D eigenvalue weighted by Gasteiger charge is 2.04. The quantitative estimate of drug-likeness (QED) is 0.816. The second-order valence-electron chi connectivity index (χ2n) is 2.87. The van der Waals surface area contributed by atoms with Gasteiger partial charge in [-0.3, -0.25) is 0 Å². The van der Waals surface area contributed by atoms with Crippen molar-refractivity contribution >= 4 is 23.2 Å². The summed E-state index contributed by atoms with van der Waals surface area (Å²) in [6.45, 7) is 0.240. The number of halogens is 2. The normalized spacial score (nSPS) is 12.9. The Hall–Kier alpha value is -0.280. The molecule has 0 bridgehead atoms. The monoisotopic (exact) mass is 219 g/mol. The highest BCUT2D eigenvalue weighted by atomic mass is 35.5. The molecule has 0 aromatic heterocycles. The van der Waals surface area contributed by atoms with E-state index in [1.165, 1.54) is 0 Å². The molecule has 3 N–H and O–H groups in total. The molecule has 0 unspecified atom stereocenters. The van der Waals surface area contributed by atoms with Crippen LogP contribution in [0.4, 0.5) is 0 Å². The van der Waals surface area contributed by atoms with E-state index in [9.17, 15) is 5.11 Å². The fourth-order valence-electron chi connectivity index (χ4n) is 1.08. The van der Waals surface area contributed by atoms with Crippen molar-refractivity contribution in [2.75, 3.05) is 6.54 Å². The first-order chi connectivity index (χ1) is 6.11. The molecular weight excluding hydrogens is 209 g/mol. The molecule has 1 rings (SSSR count). The van der Waals surface area contributed by atoms with Crippen LogP contribution in [0, 0.1) is 0 Å². The number of benzene rings is 1. The Labute approximate surface area is 87.3 Å². The zero-order valence-electron chi connectivity index (χ0n) is 7.00. The van der Waals surface area contributed by atoms with Gasteiger partial charge in [-0.2, -0.15) is 0 Å². The summed E-state index contributed by atoms with van der Waals surface area (Å²) in [5, 5.41) is 10.4. The van der Waals surface area contributed by atoms with Crippen molar-refractivity contribution in [3.05, 3.63) is 33.8 Å². The number of hydrogen-bond acceptors (Lipinski definition) is 2. The fraction of sp³-hybridized carbons (Fsp3) is 0.333. The molecule has 1 aromatic rings. The number of hydrogen-bond donors (Lipinski definition) is 2. The lowest BCUT2D eigenvalue weighted by Gasteiger charge is -2.07. The molecule has 0 heterocycles. The third-order valence-electron chi connectivity index (χ3n) is 1.67. The maximum Gasteiger partial charge on any atom is 0.0702 e. The van der Waals surface area contributed by atoms with Crippen molar-refractivity contribution < 1.29 is 5.11 Å². The molecule has 2 nitrogen and oxygen atoms in total. The highest BCUT2D eigenvalue weighted by molar-refractivity contribution is 6.34. The Balaban J connectivity index is 2.77. The smallest absolute Gasteiger partial charge is 0.0702 e. The first-order valence-corrected chi connectivity index (χ1v) is 4.70. The Kier molecular flexibility index (Phi) is 4.00. The molecule has 13 heavy (non-hydrogen) atoms. The Morgan fingerprint density at radius 2 is 1.77 bits per heavy atom. The first kappa shape index (κ1) is 10.8. The number of aliphatic hydroxyl groups excluding tert-OH is 1. The minimum atomic E-state index is -0.533. The minimum Gasteiger partial charge on any atom is -0.391 e. The zero-order chi connectivity index (χ0) is 9.84. The van der Waals surface area contributed by atoms with E-state index in [-0.39, 0.29) is 6.54 Å². The second-order valence-corrected chi connectivity index (χ2v) is 3.74. The van der Waals surface area contributed by atoms with Crippen molar-refractivity contribution in [2.45, 2.75) is 12.5 Å². The van der Waals surface area contributed by atoms with E-state index in [0.29, 0.717) is 16.5 Å². The van der Waals surface area contributed by atoms with E-state index in [1.54, 1.807) is 18.2 Å². The molecule has 0 fully saturated rings. The van der Waals surface area contributed by atoms with Gasteiger partial charge in [0.2, 0.25) is 0 Å². The molecule has 0 saturated carbocycles. The first-order valence-electron chi connectivity index (χ1n) is 3.95. The van der Waals surface area contributed by atoms with Crippen LogP contribution in [0.2, 0.25) is 10.0 Å². The van der Waals surface area contributed by atoms with Crippen molar-refractivity contribution in [3.63, 3.8) is 0 Å². The SMILES string of the molecule is NC[C@H](O)Cc1cc(Cl)cc(Cl)c1. The fourth-order valence-corrected chi connectivity index (χ4v) is 1.66. The summed E-state index contributed by atoms with van der Waals surface area (Å²) < 4.78 is 0. The van der Waals surface area contributed by atoms with E-state index >= 15 is 0 Å². The minimum absolute atomic E-state index is 0.240. The van der Waals surface area contributed by atoms with Crippen LogP contribution in [-0.2, 0) is 6.42 Å². The van der Waals surface area contributed by atoms with E-state index in [2.05, 4.69) is 0 Å². The van der Waals surface area contributed by atoms with Crippen LogP contribution in [0.25, 0.3) is 0 Å². The van der Waals surface area contributed by atoms with Gasteiger partial charge in [0, 0.05) is 16.6 Å². The second kappa shape index (κ2) is 4.82.